The first-order valence-electron chi connectivity index (χ1n) is 7.48. The third-order valence-corrected chi connectivity index (χ3v) is 3.96. The fraction of sp³-hybridized carbons (Fsp3) is 0.211. The Morgan fingerprint density at radius 3 is 2.68 bits per heavy atom. The van der Waals surface area contributed by atoms with Crippen LogP contribution in [0.1, 0.15) is 22.7 Å². The maximum absolute atomic E-state index is 12.4. The highest BCUT2D eigenvalue weighted by molar-refractivity contribution is 5.70. The summed E-state index contributed by atoms with van der Waals surface area (Å²) in [4.78, 5) is 14.2. The number of fused-ring (bicyclic) bond motifs is 1. The average Bonchev–Trinajstić information content (AvgIpc) is 2.59. The van der Waals surface area contributed by atoms with Gasteiger partial charge in [-0.05, 0) is 23.1 Å². The average molecular weight is 293 g/mol. The number of nitrogens with zero attached hydrogens (tertiary/aromatic N) is 1. The lowest BCUT2D eigenvalue weighted by atomic mass is 9.88. The Labute approximate surface area is 130 Å². The number of hydrogen-bond donors (Lipinski definition) is 0. The summed E-state index contributed by atoms with van der Waals surface area (Å²) < 4.78 is 5.27. The molecule has 0 saturated carbocycles. The van der Waals surface area contributed by atoms with Crippen LogP contribution in [0.4, 0.5) is 4.79 Å². The third-order valence-electron chi connectivity index (χ3n) is 3.96. The molecule has 1 aliphatic heterocycles. The van der Waals surface area contributed by atoms with Crippen LogP contribution in [0.25, 0.3) is 0 Å². The van der Waals surface area contributed by atoms with Gasteiger partial charge in [0.25, 0.3) is 0 Å². The second-order valence-electron chi connectivity index (χ2n) is 5.32. The van der Waals surface area contributed by atoms with Crippen molar-refractivity contribution in [2.24, 2.45) is 0 Å². The SMILES string of the molecule is C=CCOC(=O)N1CCc2ccccc2[C@@H]1c1ccccc1. The molecule has 0 bridgehead atoms. The number of carbonyl (C=O) groups is 1. The van der Waals surface area contributed by atoms with Gasteiger partial charge in [-0.1, -0.05) is 67.3 Å². The lowest BCUT2D eigenvalue weighted by molar-refractivity contribution is 0.0985. The molecule has 1 heterocycles. The zero-order valence-electron chi connectivity index (χ0n) is 12.4. The molecule has 0 aromatic heterocycles. The van der Waals surface area contributed by atoms with Crippen molar-refractivity contribution >= 4 is 6.09 Å². The zero-order chi connectivity index (χ0) is 15.4. The summed E-state index contributed by atoms with van der Waals surface area (Å²) in [5.74, 6) is 0. The molecule has 0 unspecified atom stereocenters. The quantitative estimate of drug-likeness (QED) is 0.802. The van der Waals surface area contributed by atoms with Crippen LogP contribution < -0.4 is 0 Å². The molecule has 112 valence electrons. The van der Waals surface area contributed by atoms with E-state index < -0.39 is 0 Å². The summed E-state index contributed by atoms with van der Waals surface area (Å²) in [6, 6.07) is 18.3. The summed E-state index contributed by atoms with van der Waals surface area (Å²) in [6.45, 7) is 4.49. The molecule has 22 heavy (non-hydrogen) atoms. The normalized spacial score (nSPS) is 16.7. The highest BCUT2D eigenvalue weighted by Gasteiger charge is 2.32. The molecule has 3 heteroatoms. The van der Waals surface area contributed by atoms with Crippen molar-refractivity contribution in [1.82, 2.24) is 4.90 Å². The predicted molar refractivity (Wildman–Crippen MR) is 86.7 cm³/mol. The number of ether oxygens (including phenoxy) is 1. The van der Waals surface area contributed by atoms with E-state index in [0.29, 0.717) is 6.54 Å². The van der Waals surface area contributed by atoms with Crippen LogP contribution in [0.3, 0.4) is 0 Å². The van der Waals surface area contributed by atoms with Crippen LogP contribution in [-0.2, 0) is 11.2 Å². The van der Waals surface area contributed by atoms with Gasteiger partial charge in [0.15, 0.2) is 0 Å². The Morgan fingerprint density at radius 1 is 1.18 bits per heavy atom. The van der Waals surface area contributed by atoms with Crippen LogP contribution in [-0.4, -0.2) is 24.1 Å². The zero-order valence-corrected chi connectivity index (χ0v) is 12.4. The summed E-state index contributed by atoms with van der Waals surface area (Å²) in [5.41, 5.74) is 3.57. The first kappa shape index (κ1) is 14.4. The van der Waals surface area contributed by atoms with Crippen LogP contribution >= 0.6 is 0 Å². The van der Waals surface area contributed by atoms with Gasteiger partial charge in [0.2, 0.25) is 0 Å². The molecule has 0 fully saturated rings. The molecule has 1 aliphatic rings. The van der Waals surface area contributed by atoms with Crippen molar-refractivity contribution in [1.29, 1.82) is 0 Å². The van der Waals surface area contributed by atoms with Crippen molar-refractivity contribution in [3.05, 3.63) is 83.9 Å². The minimum absolute atomic E-state index is 0.0940. The first-order chi connectivity index (χ1) is 10.8. The molecule has 2 aromatic rings. The van der Waals surface area contributed by atoms with Gasteiger partial charge in [-0.25, -0.2) is 4.79 Å². The molecule has 0 N–H and O–H groups in total. The standard InChI is InChI=1S/C19H19NO2/c1-2-14-22-19(21)20-13-12-15-8-6-7-11-17(15)18(20)16-9-4-3-5-10-16/h2-11,18H,1,12-14H2/t18-/m0/s1. The largest absolute Gasteiger partial charge is 0.445 e. The maximum Gasteiger partial charge on any atom is 0.410 e. The molecule has 0 radical (unpaired) electrons. The van der Waals surface area contributed by atoms with Crippen LogP contribution in [0, 0.1) is 0 Å². The summed E-state index contributed by atoms with van der Waals surface area (Å²) in [6.07, 6.45) is 2.15. The van der Waals surface area contributed by atoms with E-state index in [1.807, 2.05) is 30.3 Å². The molecular weight excluding hydrogens is 274 g/mol. The van der Waals surface area contributed by atoms with Crippen LogP contribution in [0.5, 0.6) is 0 Å². The predicted octanol–water partition coefficient (Wildman–Crippen LogP) is 3.96. The Morgan fingerprint density at radius 2 is 1.91 bits per heavy atom. The number of carbonyl (C=O) groups excluding carboxylic acids is 1. The molecule has 1 atom stereocenters. The number of rotatable bonds is 3. The van der Waals surface area contributed by atoms with Crippen molar-refractivity contribution < 1.29 is 9.53 Å². The fourth-order valence-electron chi connectivity index (χ4n) is 2.97. The molecule has 0 aliphatic carbocycles. The van der Waals surface area contributed by atoms with Crippen molar-refractivity contribution in [2.75, 3.05) is 13.2 Å². The van der Waals surface area contributed by atoms with E-state index in [2.05, 4.69) is 30.8 Å². The van der Waals surface area contributed by atoms with Gasteiger partial charge in [-0.3, -0.25) is 4.90 Å². The molecule has 0 saturated heterocycles. The van der Waals surface area contributed by atoms with Gasteiger partial charge < -0.3 is 4.74 Å². The van der Waals surface area contributed by atoms with Gasteiger partial charge in [-0.2, -0.15) is 0 Å². The van der Waals surface area contributed by atoms with Gasteiger partial charge >= 0.3 is 6.09 Å². The van der Waals surface area contributed by atoms with Crippen molar-refractivity contribution in [2.45, 2.75) is 12.5 Å². The first-order valence-corrected chi connectivity index (χ1v) is 7.48. The smallest absolute Gasteiger partial charge is 0.410 e. The molecule has 3 rings (SSSR count). The Balaban J connectivity index is 2.00. The lowest BCUT2D eigenvalue weighted by Crippen LogP contribution is -2.40. The highest BCUT2D eigenvalue weighted by Crippen LogP contribution is 2.35. The van der Waals surface area contributed by atoms with E-state index in [0.717, 1.165) is 12.0 Å². The van der Waals surface area contributed by atoms with Gasteiger partial charge in [-0.15, -0.1) is 0 Å². The van der Waals surface area contributed by atoms with E-state index in [9.17, 15) is 4.79 Å². The van der Waals surface area contributed by atoms with Gasteiger partial charge in [0, 0.05) is 6.54 Å². The van der Waals surface area contributed by atoms with Gasteiger partial charge in [0.1, 0.15) is 6.61 Å². The Kier molecular flexibility index (Phi) is 4.24. The van der Waals surface area contributed by atoms with Crippen molar-refractivity contribution in [3.63, 3.8) is 0 Å². The number of amides is 1. The molecule has 3 nitrogen and oxygen atoms in total. The van der Waals surface area contributed by atoms with Gasteiger partial charge in [0.05, 0.1) is 6.04 Å². The minimum Gasteiger partial charge on any atom is -0.445 e. The van der Waals surface area contributed by atoms with E-state index in [-0.39, 0.29) is 18.7 Å². The highest BCUT2D eigenvalue weighted by atomic mass is 16.6. The van der Waals surface area contributed by atoms with E-state index in [1.165, 1.54) is 11.1 Å². The Hall–Kier alpha value is -2.55. The van der Waals surface area contributed by atoms with Crippen LogP contribution in [0.2, 0.25) is 0 Å². The van der Waals surface area contributed by atoms with E-state index in [4.69, 9.17) is 4.74 Å². The summed E-state index contributed by atoms with van der Waals surface area (Å²) in [5, 5.41) is 0. The second kappa shape index (κ2) is 6.48. The molecular formula is C19H19NO2. The molecule has 2 aromatic carbocycles. The number of benzene rings is 2. The van der Waals surface area contributed by atoms with Crippen molar-refractivity contribution in [3.8, 4) is 0 Å². The summed E-state index contributed by atoms with van der Waals surface area (Å²) >= 11 is 0. The number of hydrogen-bond acceptors (Lipinski definition) is 2. The second-order valence-corrected chi connectivity index (χ2v) is 5.32. The molecule has 1 amide bonds. The molecule has 0 spiro atoms. The van der Waals surface area contributed by atoms with E-state index >= 15 is 0 Å². The third kappa shape index (κ3) is 2.75. The van der Waals surface area contributed by atoms with Crippen LogP contribution in [0.15, 0.2) is 67.3 Å². The minimum atomic E-state index is -0.289. The topological polar surface area (TPSA) is 29.5 Å². The fourth-order valence-corrected chi connectivity index (χ4v) is 2.97. The monoisotopic (exact) mass is 293 g/mol. The lowest BCUT2D eigenvalue weighted by Gasteiger charge is -2.36. The Bertz CT molecular complexity index is 666. The maximum atomic E-state index is 12.4. The summed E-state index contributed by atoms with van der Waals surface area (Å²) in [7, 11) is 0. The van der Waals surface area contributed by atoms with E-state index in [1.54, 1.807) is 11.0 Å².